The fourth-order valence-electron chi connectivity index (χ4n) is 0.894. The van der Waals surface area contributed by atoms with E-state index in [9.17, 15) is 14.4 Å². The van der Waals surface area contributed by atoms with Crippen molar-refractivity contribution in [3.63, 3.8) is 0 Å². The number of carbonyl (C=O) groups excluding carboxylic acids is 2. The fraction of sp³-hybridized carbons (Fsp3) is 0.667. The third-order valence-corrected chi connectivity index (χ3v) is 2.48. The van der Waals surface area contributed by atoms with Gasteiger partial charge in [-0.2, -0.15) is 0 Å². The largest absolute Gasteiger partial charge is 0.481 e. The lowest BCUT2D eigenvalue weighted by molar-refractivity contribution is -0.153. The normalized spacial score (nSPS) is 11.9. The quantitative estimate of drug-likeness (QED) is 0.430. The molecular weight excluding hydrogens is 268 g/mol. The Morgan fingerprint density at radius 3 is 2.47 bits per heavy atom. The van der Waals surface area contributed by atoms with Crippen LogP contribution in [0.3, 0.4) is 0 Å². The van der Waals surface area contributed by atoms with Crippen LogP contribution in [0.1, 0.15) is 26.2 Å². The predicted molar refractivity (Wildman–Crippen MR) is 55.8 cm³/mol. The van der Waals surface area contributed by atoms with Crippen LogP contribution in [0.4, 0.5) is 0 Å². The van der Waals surface area contributed by atoms with Gasteiger partial charge in [0.2, 0.25) is 0 Å². The topological polar surface area (TPSA) is 80.7 Å². The predicted octanol–water partition coefficient (Wildman–Crippen LogP) is 1.14. The lowest BCUT2D eigenvalue weighted by atomic mass is 10.1. The van der Waals surface area contributed by atoms with E-state index >= 15 is 0 Å². The molecule has 0 aromatic heterocycles. The number of aliphatic carboxylic acids is 1. The Hall–Kier alpha value is -0.910. The van der Waals surface area contributed by atoms with Gasteiger partial charge in [-0.3, -0.25) is 9.59 Å². The molecule has 0 saturated carbocycles. The Morgan fingerprint density at radius 1 is 1.40 bits per heavy atom. The summed E-state index contributed by atoms with van der Waals surface area (Å²) in [5.41, 5.74) is 0. The lowest BCUT2D eigenvalue weighted by Crippen LogP contribution is -2.26. The Balaban J connectivity index is 3.88. The molecule has 6 heteroatoms. The van der Waals surface area contributed by atoms with Crippen LogP contribution >= 0.6 is 15.9 Å². The number of hydrogen-bond acceptors (Lipinski definition) is 4. The van der Waals surface area contributed by atoms with Crippen LogP contribution in [0.2, 0.25) is 0 Å². The van der Waals surface area contributed by atoms with Gasteiger partial charge < -0.3 is 9.84 Å². The maximum atomic E-state index is 11.2. The molecule has 1 N–H and O–H groups in total. The molecule has 0 aromatic rings. The molecule has 0 saturated heterocycles. The third-order valence-electron chi connectivity index (χ3n) is 1.61. The molecule has 5 nitrogen and oxygen atoms in total. The summed E-state index contributed by atoms with van der Waals surface area (Å²) in [5.74, 6) is -2.46. The first-order chi connectivity index (χ1) is 6.99. The molecule has 1 atom stereocenters. The van der Waals surface area contributed by atoms with Gasteiger partial charge in [-0.05, 0) is 19.8 Å². The number of carboxylic acid groups (broad SMARTS) is 1. The number of esters is 1. The summed E-state index contributed by atoms with van der Waals surface area (Å²) in [7, 11) is 0. The van der Waals surface area contributed by atoms with E-state index in [0.29, 0.717) is 12.8 Å². The van der Waals surface area contributed by atoms with E-state index in [4.69, 9.17) is 5.11 Å². The van der Waals surface area contributed by atoms with E-state index in [-0.39, 0.29) is 13.0 Å². The number of carboxylic acids is 1. The average Bonchev–Trinajstić information content (AvgIpc) is 2.16. The van der Waals surface area contributed by atoms with E-state index in [1.807, 2.05) is 0 Å². The number of ether oxygens (including phenoxy) is 1. The number of halogens is 1. The Kier molecular flexibility index (Phi) is 6.94. The van der Waals surface area contributed by atoms with Crippen LogP contribution in [-0.2, 0) is 19.1 Å². The molecule has 0 rings (SSSR count). The summed E-state index contributed by atoms with van der Waals surface area (Å²) in [6, 6.07) is 0. The molecule has 0 aliphatic rings. The highest BCUT2D eigenvalue weighted by Crippen LogP contribution is 2.11. The number of rotatable bonds is 7. The number of carbonyl (C=O) groups is 3. The first-order valence-corrected chi connectivity index (χ1v) is 5.47. The van der Waals surface area contributed by atoms with Crippen molar-refractivity contribution < 1.29 is 24.2 Å². The zero-order valence-electron chi connectivity index (χ0n) is 8.36. The van der Waals surface area contributed by atoms with Gasteiger partial charge in [0, 0.05) is 6.42 Å². The van der Waals surface area contributed by atoms with Gasteiger partial charge in [-0.25, -0.2) is 4.79 Å². The van der Waals surface area contributed by atoms with Crippen LogP contribution in [0.5, 0.6) is 0 Å². The highest BCUT2D eigenvalue weighted by molar-refractivity contribution is 9.10. The minimum atomic E-state index is -0.918. The van der Waals surface area contributed by atoms with Crippen LogP contribution in [-0.4, -0.2) is 34.3 Å². The zero-order valence-corrected chi connectivity index (χ0v) is 9.95. The highest BCUT2D eigenvalue weighted by Gasteiger charge is 2.23. The smallest absolute Gasteiger partial charge is 0.375 e. The van der Waals surface area contributed by atoms with E-state index in [2.05, 4.69) is 20.7 Å². The maximum absolute atomic E-state index is 11.2. The van der Waals surface area contributed by atoms with Crippen molar-refractivity contribution in [3.8, 4) is 0 Å². The van der Waals surface area contributed by atoms with Crippen molar-refractivity contribution in [3.05, 3.63) is 0 Å². The molecule has 0 aliphatic heterocycles. The molecular formula is C9H13BrO5. The Bertz CT molecular complexity index is 251. The van der Waals surface area contributed by atoms with E-state index in [0.717, 1.165) is 0 Å². The van der Waals surface area contributed by atoms with Crippen molar-refractivity contribution in [2.24, 2.45) is 0 Å². The molecule has 0 aliphatic carbocycles. The number of Topliss-reactive ketones (excluding diaryl/α,β-unsaturated/α-hetero) is 1. The number of ketones is 1. The van der Waals surface area contributed by atoms with Crippen LogP contribution in [0, 0.1) is 0 Å². The molecule has 0 amide bonds. The molecule has 0 spiro atoms. The van der Waals surface area contributed by atoms with Gasteiger partial charge in [0.05, 0.1) is 11.4 Å². The molecule has 0 radical (unpaired) electrons. The van der Waals surface area contributed by atoms with Crippen molar-refractivity contribution in [1.29, 1.82) is 0 Å². The molecule has 0 aromatic carbocycles. The average molecular weight is 281 g/mol. The van der Waals surface area contributed by atoms with Crippen molar-refractivity contribution in [2.45, 2.75) is 31.0 Å². The molecule has 15 heavy (non-hydrogen) atoms. The fourth-order valence-corrected chi connectivity index (χ4v) is 1.40. The minimum absolute atomic E-state index is 0.0157. The van der Waals surface area contributed by atoms with E-state index < -0.39 is 22.5 Å². The first kappa shape index (κ1) is 14.1. The number of hydrogen-bond donors (Lipinski definition) is 1. The monoisotopic (exact) mass is 280 g/mol. The molecule has 0 bridgehead atoms. The summed E-state index contributed by atoms with van der Waals surface area (Å²) in [4.78, 5) is 31.7. The van der Waals surface area contributed by atoms with Crippen molar-refractivity contribution in [1.82, 2.24) is 0 Å². The lowest BCUT2D eigenvalue weighted by Gasteiger charge is -2.06. The second kappa shape index (κ2) is 7.39. The van der Waals surface area contributed by atoms with Crippen molar-refractivity contribution >= 4 is 33.7 Å². The first-order valence-electron chi connectivity index (χ1n) is 4.55. The van der Waals surface area contributed by atoms with Crippen LogP contribution < -0.4 is 0 Å². The summed E-state index contributed by atoms with van der Waals surface area (Å²) in [5, 5.41) is 8.37. The molecule has 0 fully saturated rings. The third kappa shape index (κ3) is 6.22. The summed E-state index contributed by atoms with van der Waals surface area (Å²) >= 11 is 3.02. The van der Waals surface area contributed by atoms with Crippen molar-refractivity contribution in [2.75, 3.05) is 6.61 Å². The number of alkyl halides is 1. The maximum Gasteiger partial charge on any atom is 0.375 e. The highest BCUT2D eigenvalue weighted by atomic mass is 79.9. The zero-order chi connectivity index (χ0) is 11.8. The second-order valence-corrected chi connectivity index (χ2v) is 3.94. The Labute approximate surface area is 95.9 Å². The van der Waals surface area contributed by atoms with Crippen LogP contribution in [0.15, 0.2) is 0 Å². The summed E-state index contributed by atoms with van der Waals surface area (Å²) < 4.78 is 4.52. The summed E-state index contributed by atoms with van der Waals surface area (Å²) in [6.07, 6.45) is 0.637. The van der Waals surface area contributed by atoms with Gasteiger partial charge >= 0.3 is 11.9 Å². The molecule has 86 valence electrons. The SMILES string of the molecule is CCOC(=O)C(=O)C(Br)CCCC(=O)O. The summed E-state index contributed by atoms with van der Waals surface area (Å²) in [6.45, 7) is 1.76. The van der Waals surface area contributed by atoms with Gasteiger partial charge in [0.1, 0.15) is 0 Å². The molecule has 0 heterocycles. The minimum Gasteiger partial charge on any atom is -0.481 e. The standard InChI is InChI=1S/C9H13BrO5/c1-2-15-9(14)8(13)6(10)4-3-5-7(11)12/h6H,2-5H2,1H3,(H,11,12). The van der Waals surface area contributed by atoms with E-state index in [1.165, 1.54) is 0 Å². The Morgan fingerprint density at radius 2 is 2.00 bits per heavy atom. The van der Waals surface area contributed by atoms with Gasteiger partial charge in [-0.1, -0.05) is 15.9 Å². The van der Waals surface area contributed by atoms with Gasteiger partial charge in [0.15, 0.2) is 0 Å². The van der Waals surface area contributed by atoms with Gasteiger partial charge in [-0.15, -0.1) is 0 Å². The molecule has 1 unspecified atom stereocenters. The van der Waals surface area contributed by atoms with E-state index in [1.54, 1.807) is 6.92 Å². The second-order valence-electron chi connectivity index (χ2n) is 2.84. The van der Waals surface area contributed by atoms with Gasteiger partial charge in [0.25, 0.3) is 5.78 Å². The van der Waals surface area contributed by atoms with Crippen LogP contribution in [0.25, 0.3) is 0 Å².